The molecule has 27 heavy (non-hydrogen) atoms. The topological polar surface area (TPSA) is 47.0 Å². The Morgan fingerprint density at radius 3 is 2.67 bits per heavy atom. The average Bonchev–Trinajstić information content (AvgIpc) is 2.66. The minimum atomic E-state index is 0.192. The van der Waals surface area contributed by atoms with Crippen molar-refractivity contribution >= 4 is 5.82 Å². The molecule has 138 valence electrons. The fraction of sp³-hybridized carbons (Fsp3) is 0.304. The van der Waals surface area contributed by atoms with E-state index in [4.69, 9.17) is 9.72 Å². The second-order valence-corrected chi connectivity index (χ2v) is 7.22. The normalized spacial score (nSPS) is 15.7. The summed E-state index contributed by atoms with van der Waals surface area (Å²) in [5.74, 6) is 2.70. The first-order valence-corrected chi connectivity index (χ1v) is 9.48. The maximum absolute atomic E-state index is 5.85. The van der Waals surface area contributed by atoms with Crippen molar-refractivity contribution in [2.45, 2.75) is 39.7 Å². The Morgan fingerprint density at radius 2 is 1.85 bits per heavy atom. The first-order chi connectivity index (χ1) is 13.1. The largest absolute Gasteiger partial charge is 0.493 e. The molecule has 3 aromatic rings. The molecule has 0 amide bonds. The molecule has 0 saturated carbocycles. The standard InChI is InChI=1S/C23H25N3O/c1-15-9-10-22-20(13-15)21(11-12-27-22)26-23-19(16(2)24-17(3)25-23)14-18-7-5-4-6-8-18/h4-10,13,21H,11-12,14H2,1-3H3,(H,24,25,26). The lowest BCUT2D eigenvalue weighted by molar-refractivity contribution is 0.274. The van der Waals surface area contributed by atoms with Crippen LogP contribution in [0.15, 0.2) is 48.5 Å². The molecule has 0 bridgehead atoms. The van der Waals surface area contributed by atoms with Gasteiger partial charge in [0, 0.05) is 29.7 Å². The number of aromatic nitrogens is 2. The van der Waals surface area contributed by atoms with Crippen molar-refractivity contribution in [2.24, 2.45) is 0 Å². The highest BCUT2D eigenvalue weighted by Crippen LogP contribution is 2.35. The summed E-state index contributed by atoms with van der Waals surface area (Å²) in [7, 11) is 0. The van der Waals surface area contributed by atoms with Crippen LogP contribution in [0.5, 0.6) is 5.75 Å². The third-order valence-corrected chi connectivity index (χ3v) is 5.07. The van der Waals surface area contributed by atoms with Crippen LogP contribution in [0.1, 0.15) is 46.2 Å². The third kappa shape index (κ3) is 3.80. The van der Waals surface area contributed by atoms with E-state index in [0.29, 0.717) is 6.61 Å². The van der Waals surface area contributed by atoms with Crippen molar-refractivity contribution in [3.05, 3.63) is 82.3 Å². The Balaban J connectivity index is 1.69. The summed E-state index contributed by atoms with van der Waals surface area (Å²) < 4.78 is 5.85. The molecule has 0 aliphatic carbocycles. The molecule has 0 fully saturated rings. The molecule has 1 aliphatic heterocycles. The van der Waals surface area contributed by atoms with Crippen LogP contribution in [0.4, 0.5) is 5.82 Å². The highest BCUT2D eigenvalue weighted by Gasteiger charge is 2.23. The molecule has 0 spiro atoms. The van der Waals surface area contributed by atoms with Gasteiger partial charge < -0.3 is 10.1 Å². The van der Waals surface area contributed by atoms with Gasteiger partial charge in [-0.1, -0.05) is 48.0 Å². The fourth-order valence-electron chi connectivity index (χ4n) is 3.70. The summed E-state index contributed by atoms with van der Waals surface area (Å²) in [5, 5.41) is 3.70. The first-order valence-electron chi connectivity index (χ1n) is 9.48. The molecular weight excluding hydrogens is 334 g/mol. The van der Waals surface area contributed by atoms with Crippen molar-refractivity contribution in [3.8, 4) is 5.75 Å². The van der Waals surface area contributed by atoms with Crippen molar-refractivity contribution in [3.63, 3.8) is 0 Å². The molecule has 4 heteroatoms. The van der Waals surface area contributed by atoms with E-state index in [-0.39, 0.29) is 6.04 Å². The summed E-state index contributed by atoms with van der Waals surface area (Å²) in [4.78, 5) is 9.36. The van der Waals surface area contributed by atoms with Crippen LogP contribution in [-0.4, -0.2) is 16.6 Å². The highest BCUT2D eigenvalue weighted by molar-refractivity contribution is 5.52. The number of benzene rings is 2. The lowest BCUT2D eigenvalue weighted by atomic mass is 9.97. The molecule has 1 aromatic heterocycles. The number of fused-ring (bicyclic) bond motifs is 1. The SMILES string of the molecule is Cc1ccc2c(c1)C(Nc1nc(C)nc(C)c1Cc1ccccc1)CCO2. The van der Waals surface area contributed by atoms with E-state index in [2.05, 4.69) is 66.6 Å². The number of aryl methyl sites for hydroxylation is 3. The number of ether oxygens (including phenoxy) is 1. The lowest BCUT2D eigenvalue weighted by Gasteiger charge is -2.28. The van der Waals surface area contributed by atoms with Crippen LogP contribution in [0.3, 0.4) is 0 Å². The second kappa shape index (κ2) is 7.39. The number of nitrogens with zero attached hydrogens (tertiary/aromatic N) is 2. The molecule has 2 heterocycles. The van der Waals surface area contributed by atoms with E-state index < -0.39 is 0 Å². The molecule has 0 saturated heterocycles. The van der Waals surface area contributed by atoms with Crippen molar-refractivity contribution < 1.29 is 4.74 Å². The van der Waals surface area contributed by atoms with Crippen molar-refractivity contribution in [1.82, 2.24) is 9.97 Å². The minimum Gasteiger partial charge on any atom is -0.493 e. The van der Waals surface area contributed by atoms with Crippen LogP contribution < -0.4 is 10.1 Å². The number of anilines is 1. The summed E-state index contributed by atoms with van der Waals surface area (Å²) in [6.45, 7) is 6.85. The van der Waals surface area contributed by atoms with Gasteiger partial charge in [-0.25, -0.2) is 9.97 Å². The smallest absolute Gasteiger partial charge is 0.133 e. The van der Waals surface area contributed by atoms with Crippen molar-refractivity contribution in [2.75, 3.05) is 11.9 Å². The number of rotatable bonds is 4. The van der Waals surface area contributed by atoms with E-state index >= 15 is 0 Å². The minimum absolute atomic E-state index is 0.192. The van der Waals surface area contributed by atoms with E-state index in [1.54, 1.807) is 0 Å². The van der Waals surface area contributed by atoms with Crippen LogP contribution in [0, 0.1) is 20.8 Å². The van der Waals surface area contributed by atoms with Crippen LogP contribution in [-0.2, 0) is 6.42 Å². The summed E-state index contributed by atoms with van der Waals surface area (Å²) >= 11 is 0. The van der Waals surface area contributed by atoms with Crippen LogP contribution in [0.25, 0.3) is 0 Å². The van der Waals surface area contributed by atoms with Gasteiger partial charge in [0.15, 0.2) is 0 Å². The summed E-state index contributed by atoms with van der Waals surface area (Å²) in [6, 6.07) is 17.1. The van der Waals surface area contributed by atoms with E-state index in [0.717, 1.165) is 41.5 Å². The molecule has 1 atom stereocenters. The molecule has 1 unspecified atom stereocenters. The Hall–Kier alpha value is -2.88. The fourth-order valence-corrected chi connectivity index (χ4v) is 3.70. The van der Waals surface area contributed by atoms with Gasteiger partial charge in [-0.05, 0) is 32.4 Å². The van der Waals surface area contributed by atoms with Gasteiger partial charge in [0.05, 0.1) is 12.6 Å². The van der Waals surface area contributed by atoms with Gasteiger partial charge in [0.25, 0.3) is 0 Å². The highest BCUT2D eigenvalue weighted by atomic mass is 16.5. The zero-order valence-electron chi connectivity index (χ0n) is 16.1. The van der Waals surface area contributed by atoms with Crippen LogP contribution in [0.2, 0.25) is 0 Å². The Morgan fingerprint density at radius 1 is 1.04 bits per heavy atom. The Kier molecular flexibility index (Phi) is 4.80. The van der Waals surface area contributed by atoms with Crippen molar-refractivity contribution in [1.29, 1.82) is 0 Å². The van der Waals surface area contributed by atoms with Gasteiger partial charge in [-0.2, -0.15) is 0 Å². The predicted octanol–water partition coefficient (Wildman–Crippen LogP) is 4.93. The Bertz CT molecular complexity index is 953. The molecular formula is C23H25N3O. The monoisotopic (exact) mass is 359 g/mol. The lowest BCUT2D eigenvalue weighted by Crippen LogP contribution is -2.22. The first kappa shape index (κ1) is 17.5. The zero-order valence-corrected chi connectivity index (χ0v) is 16.1. The summed E-state index contributed by atoms with van der Waals surface area (Å²) in [6.07, 6.45) is 1.74. The van der Waals surface area contributed by atoms with Gasteiger partial charge in [0.1, 0.15) is 17.4 Å². The van der Waals surface area contributed by atoms with E-state index in [9.17, 15) is 0 Å². The zero-order chi connectivity index (χ0) is 18.8. The maximum Gasteiger partial charge on any atom is 0.133 e. The predicted molar refractivity (Wildman–Crippen MR) is 108 cm³/mol. The van der Waals surface area contributed by atoms with Gasteiger partial charge >= 0.3 is 0 Å². The number of nitrogens with one attached hydrogen (secondary N) is 1. The second-order valence-electron chi connectivity index (χ2n) is 7.22. The molecule has 4 nitrogen and oxygen atoms in total. The average molecular weight is 359 g/mol. The quantitative estimate of drug-likeness (QED) is 0.718. The Labute approximate surface area is 160 Å². The molecule has 0 radical (unpaired) electrons. The molecule has 2 aromatic carbocycles. The van der Waals surface area contributed by atoms with E-state index in [1.807, 2.05) is 13.0 Å². The molecule has 1 N–H and O–H groups in total. The van der Waals surface area contributed by atoms with Gasteiger partial charge in [-0.3, -0.25) is 0 Å². The number of hydrogen-bond acceptors (Lipinski definition) is 4. The van der Waals surface area contributed by atoms with Gasteiger partial charge in [0.2, 0.25) is 0 Å². The maximum atomic E-state index is 5.85. The molecule has 1 aliphatic rings. The third-order valence-electron chi connectivity index (χ3n) is 5.07. The number of hydrogen-bond donors (Lipinski definition) is 1. The van der Waals surface area contributed by atoms with Gasteiger partial charge in [-0.15, -0.1) is 0 Å². The molecule has 4 rings (SSSR count). The van der Waals surface area contributed by atoms with Crippen LogP contribution >= 0.6 is 0 Å². The van der Waals surface area contributed by atoms with E-state index in [1.165, 1.54) is 16.7 Å². The summed E-state index contributed by atoms with van der Waals surface area (Å²) in [5.41, 5.74) is 5.91.